The Hall–Kier alpha value is -2.89. The molecule has 0 saturated carbocycles. The number of hydrogen-bond acceptors (Lipinski definition) is 4. The summed E-state index contributed by atoms with van der Waals surface area (Å²) < 4.78 is 16.2. The van der Waals surface area contributed by atoms with Crippen LogP contribution in [0.1, 0.15) is 29.5 Å². The fourth-order valence-electron chi connectivity index (χ4n) is 2.97. The fourth-order valence-corrected chi connectivity index (χ4v) is 2.97. The van der Waals surface area contributed by atoms with Crippen molar-refractivity contribution in [3.8, 4) is 17.2 Å². The van der Waals surface area contributed by atoms with Crippen LogP contribution >= 0.6 is 0 Å². The summed E-state index contributed by atoms with van der Waals surface area (Å²) in [5, 5.41) is 6.72. The largest absolute Gasteiger partial charge is 0.496 e. The molecule has 2 rings (SSSR count). The number of aryl methyl sites for hydroxylation is 1. The Morgan fingerprint density at radius 3 is 2.25 bits per heavy atom. The zero-order valence-electron chi connectivity index (χ0n) is 17.6. The van der Waals surface area contributed by atoms with Crippen LogP contribution in [-0.4, -0.2) is 40.9 Å². The summed E-state index contributed by atoms with van der Waals surface area (Å²) in [4.78, 5) is 4.32. The van der Waals surface area contributed by atoms with E-state index in [-0.39, 0.29) is 0 Å². The van der Waals surface area contributed by atoms with E-state index in [0.717, 1.165) is 23.8 Å². The van der Waals surface area contributed by atoms with Gasteiger partial charge in [0.25, 0.3) is 0 Å². The van der Waals surface area contributed by atoms with Crippen LogP contribution in [0.3, 0.4) is 0 Å². The molecule has 2 aromatic carbocycles. The van der Waals surface area contributed by atoms with Gasteiger partial charge in [-0.3, -0.25) is 4.99 Å². The van der Waals surface area contributed by atoms with Crippen molar-refractivity contribution in [2.75, 3.05) is 34.9 Å². The Morgan fingerprint density at radius 1 is 0.964 bits per heavy atom. The van der Waals surface area contributed by atoms with Gasteiger partial charge in [0.15, 0.2) is 17.5 Å². The van der Waals surface area contributed by atoms with E-state index in [1.807, 2.05) is 12.1 Å². The van der Waals surface area contributed by atoms with E-state index in [4.69, 9.17) is 14.2 Å². The van der Waals surface area contributed by atoms with E-state index in [2.05, 4.69) is 53.7 Å². The SMILES string of the molecule is CN=C(NCc1cc(OC)c(OC)cc1OC)NCC(C)c1cccc(C)c1. The van der Waals surface area contributed by atoms with Crippen molar-refractivity contribution in [2.45, 2.75) is 26.3 Å². The minimum atomic E-state index is 0.370. The van der Waals surface area contributed by atoms with Gasteiger partial charge in [-0.25, -0.2) is 0 Å². The highest BCUT2D eigenvalue weighted by Gasteiger charge is 2.13. The maximum absolute atomic E-state index is 5.48. The van der Waals surface area contributed by atoms with Gasteiger partial charge in [-0.1, -0.05) is 36.8 Å². The van der Waals surface area contributed by atoms with E-state index in [1.54, 1.807) is 28.4 Å². The standard InChI is InChI=1S/C22H31N3O3/c1-15-8-7-9-17(10-15)16(2)13-24-22(23-3)25-14-18-11-20(27-5)21(28-6)12-19(18)26-4/h7-12,16H,13-14H2,1-6H3,(H2,23,24,25). The van der Waals surface area contributed by atoms with Crippen LogP contribution in [0, 0.1) is 6.92 Å². The van der Waals surface area contributed by atoms with Gasteiger partial charge in [-0.05, 0) is 24.5 Å². The van der Waals surface area contributed by atoms with Gasteiger partial charge in [0.1, 0.15) is 5.75 Å². The Morgan fingerprint density at radius 2 is 1.64 bits per heavy atom. The lowest BCUT2D eigenvalue weighted by Gasteiger charge is -2.18. The van der Waals surface area contributed by atoms with E-state index < -0.39 is 0 Å². The zero-order chi connectivity index (χ0) is 20.5. The molecular formula is C22H31N3O3. The topological polar surface area (TPSA) is 64.1 Å². The first-order valence-electron chi connectivity index (χ1n) is 9.32. The number of aliphatic imine (C=N–C) groups is 1. The summed E-state index contributed by atoms with van der Waals surface area (Å²) in [6.45, 7) is 5.64. The molecule has 6 nitrogen and oxygen atoms in total. The number of guanidine groups is 1. The predicted octanol–water partition coefficient (Wildman–Crippen LogP) is 3.49. The summed E-state index contributed by atoms with van der Waals surface area (Å²) >= 11 is 0. The van der Waals surface area contributed by atoms with E-state index in [1.165, 1.54) is 11.1 Å². The molecule has 0 amide bonds. The van der Waals surface area contributed by atoms with E-state index >= 15 is 0 Å². The third-order valence-corrected chi connectivity index (χ3v) is 4.64. The van der Waals surface area contributed by atoms with Crippen molar-refractivity contribution in [2.24, 2.45) is 4.99 Å². The van der Waals surface area contributed by atoms with Gasteiger partial charge in [0.05, 0.1) is 21.3 Å². The molecule has 2 N–H and O–H groups in total. The number of benzene rings is 2. The Balaban J connectivity index is 2.00. The monoisotopic (exact) mass is 385 g/mol. The van der Waals surface area contributed by atoms with Crippen molar-refractivity contribution in [3.63, 3.8) is 0 Å². The average molecular weight is 386 g/mol. The molecule has 0 aliphatic carbocycles. The summed E-state index contributed by atoms with van der Waals surface area (Å²) in [5.41, 5.74) is 3.53. The lowest BCUT2D eigenvalue weighted by molar-refractivity contribution is 0.347. The minimum Gasteiger partial charge on any atom is -0.496 e. The molecule has 0 heterocycles. The van der Waals surface area contributed by atoms with Crippen LogP contribution in [0.25, 0.3) is 0 Å². The van der Waals surface area contributed by atoms with E-state index in [9.17, 15) is 0 Å². The Labute approximate surface area is 167 Å². The summed E-state index contributed by atoms with van der Waals surface area (Å²) in [6, 6.07) is 12.3. The van der Waals surface area contributed by atoms with Crippen LogP contribution in [0.2, 0.25) is 0 Å². The second-order valence-electron chi connectivity index (χ2n) is 6.64. The molecule has 0 radical (unpaired) electrons. The molecule has 0 saturated heterocycles. The van der Waals surface area contributed by atoms with Crippen molar-refractivity contribution in [1.82, 2.24) is 10.6 Å². The third kappa shape index (κ3) is 5.55. The Bertz CT molecular complexity index is 806. The van der Waals surface area contributed by atoms with Crippen LogP contribution in [0.4, 0.5) is 0 Å². The molecule has 0 fully saturated rings. The van der Waals surface area contributed by atoms with Crippen LogP contribution in [0.5, 0.6) is 17.2 Å². The first kappa shape index (κ1) is 21.4. The molecule has 0 spiro atoms. The van der Waals surface area contributed by atoms with Crippen molar-refractivity contribution >= 4 is 5.96 Å². The quantitative estimate of drug-likeness (QED) is 0.538. The number of nitrogens with zero attached hydrogens (tertiary/aromatic N) is 1. The van der Waals surface area contributed by atoms with Gasteiger partial charge < -0.3 is 24.8 Å². The fraction of sp³-hybridized carbons (Fsp3) is 0.409. The number of rotatable bonds is 8. The third-order valence-electron chi connectivity index (χ3n) is 4.64. The molecule has 2 aromatic rings. The van der Waals surface area contributed by atoms with Crippen LogP contribution in [0.15, 0.2) is 41.4 Å². The van der Waals surface area contributed by atoms with Crippen molar-refractivity contribution in [1.29, 1.82) is 0 Å². The van der Waals surface area contributed by atoms with Crippen molar-refractivity contribution < 1.29 is 14.2 Å². The minimum absolute atomic E-state index is 0.370. The molecule has 1 atom stereocenters. The van der Waals surface area contributed by atoms with Crippen molar-refractivity contribution in [3.05, 3.63) is 53.1 Å². The highest BCUT2D eigenvalue weighted by Crippen LogP contribution is 2.34. The van der Waals surface area contributed by atoms with Gasteiger partial charge in [0, 0.05) is 31.8 Å². The molecule has 152 valence electrons. The molecule has 1 unspecified atom stereocenters. The second kappa shape index (κ2) is 10.4. The first-order chi connectivity index (χ1) is 13.5. The lowest BCUT2D eigenvalue weighted by Crippen LogP contribution is -2.38. The maximum atomic E-state index is 5.48. The average Bonchev–Trinajstić information content (AvgIpc) is 2.72. The lowest BCUT2D eigenvalue weighted by atomic mass is 9.99. The van der Waals surface area contributed by atoms with Gasteiger partial charge in [-0.15, -0.1) is 0 Å². The van der Waals surface area contributed by atoms with Crippen LogP contribution in [-0.2, 0) is 6.54 Å². The zero-order valence-corrected chi connectivity index (χ0v) is 17.6. The highest BCUT2D eigenvalue weighted by molar-refractivity contribution is 5.79. The molecular weight excluding hydrogens is 354 g/mol. The summed E-state index contributed by atoms with van der Waals surface area (Å²) in [7, 11) is 6.63. The molecule has 0 aliphatic heterocycles. The van der Waals surface area contributed by atoms with Gasteiger partial charge in [0.2, 0.25) is 0 Å². The van der Waals surface area contributed by atoms with Crippen LogP contribution < -0.4 is 24.8 Å². The molecule has 28 heavy (non-hydrogen) atoms. The molecule has 0 bridgehead atoms. The number of hydrogen-bond donors (Lipinski definition) is 2. The van der Waals surface area contributed by atoms with E-state index in [0.29, 0.717) is 24.0 Å². The Kier molecular flexibility index (Phi) is 7.99. The second-order valence-corrected chi connectivity index (χ2v) is 6.64. The maximum Gasteiger partial charge on any atom is 0.191 e. The molecule has 6 heteroatoms. The van der Waals surface area contributed by atoms with Gasteiger partial charge >= 0.3 is 0 Å². The predicted molar refractivity (Wildman–Crippen MR) is 114 cm³/mol. The summed E-state index contributed by atoms with van der Waals surface area (Å²) in [5.74, 6) is 3.13. The number of ether oxygens (including phenoxy) is 3. The smallest absolute Gasteiger partial charge is 0.191 e. The normalized spacial score (nSPS) is 12.3. The number of methoxy groups -OCH3 is 3. The summed E-state index contributed by atoms with van der Waals surface area (Å²) in [6.07, 6.45) is 0. The first-order valence-corrected chi connectivity index (χ1v) is 9.32. The molecule has 0 aromatic heterocycles. The highest BCUT2D eigenvalue weighted by atomic mass is 16.5. The molecule has 0 aliphatic rings. The number of nitrogens with one attached hydrogen (secondary N) is 2. The van der Waals surface area contributed by atoms with Gasteiger partial charge in [-0.2, -0.15) is 0 Å².